The van der Waals surface area contributed by atoms with Gasteiger partial charge in [-0.1, -0.05) is 0 Å². The van der Waals surface area contributed by atoms with Gasteiger partial charge >= 0.3 is 0 Å². The number of rotatable bonds is 7. The minimum absolute atomic E-state index is 0.0347. The zero-order valence-electron chi connectivity index (χ0n) is 8.90. The predicted octanol–water partition coefficient (Wildman–Crippen LogP) is -0.809. The molecule has 5 heteroatoms. The van der Waals surface area contributed by atoms with E-state index < -0.39 is 6.04 Å². The predicted molar refractivity (Wildman–Crippen MR) is 53.8 cm³/mol. The molecule has 0 spiro atoms. The van der Waals surface area contributed by atoms with E-state index >= 15 is 0 Å². The van der Waals surface area contributed by atoms with Crippen LogP contribution in [-0.4, -0.2) is 55.9 Å². The van der Waals surface area contributed by atoms with Crippen LogP contribution in [0.4, 0.5) is 0 Å². The lowest BCUT2D eigenvalue weighted by Crippen LogP contribution is -2.42. The van der Waals surface area contributed by atoms with E-state index in [1.165, 1.54) is 4.90 Å². The molecule has 0 bridgehead atoms. The molecule has 1 unspecified atom stereocenters. The van der Waals surface area contributed by atoms with Gasteiger partial charge in [-0.3, -0.25) is 4.79 Å². The number of amides is 1. The summed E-state index contributed by atoms with van der Waals surface area (Å²) in [6.07, 6.45) is 1.39. The lowest BCUT2D eigenvalue weighted by atomic mass is 10.1. The molecule has 0 radical (unpaired) electrons. The minimum Gasteiger partial charge on any atom is -0.395 e. The second kappa shape index (κ2) is 7.73. The summed E-state index contributed by atoms with van der Waals surface area (Å²) >= 11 is 0. The van der Waals surface area contributed by atoms with Gasteiger partial charge in [0.15, 0.2) is 0 Å². The summed E-state index contributed by atoms with van der Waals surface area (Å²) in [4.78, 5) is 12.9. The summed E-state index contributed by atoms with van der Waals surface area (Å²) in [5.41, 5.74) is 5.66. The van der Waals surface area contributed by atoms with Crippen LogP contribution in [0.15, 0.2) is 0 Å². The molecule has 0 fully saturated rings. The van der Waals surface area contributed by atoms with Crippen molar-refractivity contribution < 1.29 is 14.6 Å². The summed E-state index contributed by atoms with van der Waals surface area (Å²) < 4.78 is 4.86. The molecule has 0 aliphatic rings. The van der Waals surface area contributed by atoms with Crippen molar-refractivity contribution >= 4 is 5.91 Å². The molecule has 0 aliphatic heterocycles. The summed E-state index contributed by atoms with van der Waals surface area (Å²) in [5, 5.41) is 8.63. The summed E-state index contributed by atoms with van der Waals surface area (Å²) in [6.45, 7) is 0.911. The van der Waals surface area contributed by atoms with Crippen molar-refractivity contribution in [3.63, 3.8) is 0 Å². The van der Waals surface area contributed by atoms with Crippen molar-refractivity contribution in [2.75, 3.05) is 33.9 Å². The van der Waals surface area contributed by atoms with Gasteiger partial charge in [-0.05, 0) is 12.8 Å². The number of carbonyl (C=O) groups is 1. The highest BCUT2D eigenvalue weighted by Gasteiger charge is 2.16. The fourth-order valence-electron chi connectivity index (χ4n) is 1.11. The Labute approximate surface area is 84.8 Å². The first-order valence-corrected chi connectivity index (χ1v) is 4.73. The van der Waals surface area contributed by atoms with E-state index in [9.17, 15) is 4.79 Å². The van der Waals surface area contributed by atoms with E-state index in [1.807, 2.05) is 0 Å². The standard InChI is InChI=1S/C9H20N2O3/c1-11(5-6-12)9(13)8(10)4-3-7-14-2/h8,12H,3-7,10H2,1-2H3. The largest absolute Gasteiger partial charge is 0.395 e. The van der Waals surface area contributed by atoms with Gasteiger partial charge in [0.2, 0.25) is 5.91 Å². The van der Waals surface area contributed by atoms with E-state index in [4.69, 9.17) is 15.6 Å². The molecular weight excluding hydrogens is 184 g/mol. The Morgan fingerprint density at radius 2 is 2.29 bits per heavy atom. The van der Waals surface area contributed by atoms with Gasteiger partial charge in [-0.25, -0.2) is 0 Å². The lowest BCUT2D eigenvalue weighted by molar-refractivity contribution is -0.131. The Hall–Kier alpha value is -0.650. The summed E-state index contributed by atoms with van der Waals surface area (Å²) in [7, 11) is 3.25. The van der Waals surface area contributed by atoms with Gasteiger partial charge in [0, 0.05) is 27.3 Å². The molecule has 0 aromatic rings. The number of nitrogens with zero attached hydrogens (tertiary/aromatic N) is 1. The van der Waals surface area contributed by atoms with Gasteiger partial charge in [0.1, 0.15) is 0 Å². The highest BCUT2D eigenvalue weighted by atomic mass is 16.5. The van der Waals surface area contributed by atoms with Crippen LogP contribution in [0, 0.1) is 0 Å². The zero-order chi connectivity index (χ0) is 11.0. The third-order valence-corrected chi connectivity index (χ3v) is 1.99. The second-order valence-corrected chi connectivity index (χ2v) is 3.22. The highest BCUT2D eigenvalue weighted by Crippen LogP contribution is 1.98. The smallest absolute Gasteiger partial charge is 0.239 e. The Balaban J connectivity index is 3.74. The number of carbonyl (C=O) groups excluding carboxylic acids is 1. The van der Waals surface area contributed by atoms with E-state index in [-0.39, 0.29) is 12.5 Å². The maximum absolute atomic E-state index is 11.5. The molecular formula is C9H20N2O3. The number of hydrogen-bond donors (Lipinski definition) is 2. The maximum atomic E-state index is 11.5. The van der Waals surface area contributed by atoms with Gasteiger partial charge in [0.25, 0.3) is 0 Å². The molecule has 0 saturated carbocycles. The highest BCUT2D eigenvalue weighted by molar-refractivity contribution is 5.81. The number of aliphatic hydroxyl groups excluding tert-OH is 1. The number of hydrogen-bond acceptors (Lipinski definition) is 4. The first-order chi connectivity index (χ1) is 6.63. The summed E-state index contributed by atoms with van der Waals surface area (Å²) in [5.74, 6) is -0.129. The molecule has 0 aliphatic carbocycles. The van der Waals surface area contributed by atoms with Crippen LogP contribution in [0.5, 0.6) is 0 Å². The fourth-order valence-corrected chi connectivity index (χ4v) is 1.11. The first-order valence-electron chi connectivity index (χ1n) is 4.73. The number of methoxy groups -OCH3 is 1. The average Bonchev–Trinajstić information content (AvgIpc) is 2.17. The molecule has 0 heterocycles. The van der Waals surface area contributed by atoms with Crippen molar-refractivity contribution in [3.05, 3.63) is 0 Å². The third-order valence-electron chi connectivity index (χ3n) is 1.99. The van der Waals surface area contributed by atoms with E-state index in [1.54, 1.807) is 14.2 Å². The minimum atomic E-state index is -0.485. The number of likely N-dealkylation sites (N-methyl/N-ethyl adjacent to an activating group) is 1. The monoisotopic (exact) mass is 204 g/mol. The lowest BCUT2D eigenvalue weighted by Gasteiger charge is -2.20. The molecule has 0 saturated heterocycles. The van der Waals surface area contributed by atoms with Crippen molar-refractivity contribution in [1.82, 2.24) is 4.90 Å². The van der Waals surface area contributed by atoms with Crippen molar-refractivity contribution in [3.8, 4) is 0 Å². The molecule has 0 aromatic carbocycles. The van der Waals surface area contributed by atoms with Crippen LogP contribution in [0.3, 0.4) is 0 Å². The maximum Gasteiger partial charge on any atom is 0.239 e. The van der Waals surface area contributed by atoms with Crippen molar-refractivity contribution in [2.45, 2.75) is 18.9 Å². The van der Waals surface area contributed by atoms with Crippen LogP contribution >= 0.6 is 0 Å². The van der Waals surface area contributed by atoms with Gasteiger partial charge in [-0.2, -0.15) is 0 Å². The van der Waals surface area contributed by atoms with Crippen LogP contribution in [-0.2, 0) is 9.53 Å². The van der Waals surface area contributed by atoms with Gasteiger partial charge < -0.3 is 20.5 Å². The Bertz CT molecular complexity index is 164. The van der Waals surface area contributed by atoms with Gasteiger partial charge in [-0.15, -0.1) is 0 Å². The Morgan fingerprint density at radius 1 is 1.64 bits per heavy atom. The van der Waals surface area contributed by atoms with Crippen molar-refractivity contribution in [2.24, 2.45) is 5.73 Å². The Morgan fingerprint density at radius 3 is 2.79 bits per heavy atom. The molecule has 5 nitrogen and oxygen atoms in total. The molecule has 14 heavy (non-hydrogen) atoms. The zero-order valence-corrected chi connectivity index (χ0v) is 8.90. The number of ether oxygens (including phenoxy) is 1. The molecule has 0 rings (SSSR count). The molecule has 1 atom stereocenters. The molecule has 84 valence electrons. The molecule has 3 N–H and O–H groups in total. The molecule has 1 amide bonds. The van der Waals surface area contributed by atoms with Crippen molar-refractivity contribution in [1.29, 1.82) is 0 Å². The topological polar surface area (TPSA) is 75.8 Å². The van der Waals surface area contributed by atoms with Crippen LogP contribution in [0.25, 0.3) is 0 Å². The average molecular weight is 204 g/mol. The van der Waals surface area contributed by atoms with Crippen LogP contribution in [0.2, 0.25) is 0 Å². The van der Waals surface area contributed by atoms with Gasteiger partial charge in [0.05, 0.1) is 12.6 Å². The SMILES string of the molecule is COCCCC(N)C(=O)N(C)CCO. The fraction of sp³-hybridized carbons (Fsp3) is 0.889. The first kappa shape index (κ1) is 13.4. The second-order valence-electron chi connectivity index (χ2n) is 3.22. The number of aliphatic hydroxyl groups is 1. The van der Waals surface area contributed by atoms with Crippen LogP contribution < -0.4 is 5.73 Å². The van der Waals surface area contributed by atoms with E-state index in [2.05, 4.69) is 0 Å². The normalized spacial score (nSPS) is 12.6. The number of nitrogens with two attached hydrogens (primary N) is 1. The van der Waals surface area contributed by atoms with E-state index in [0.717, 1.165) is 6.42 Å². The quantitative estimate of drug-likeness (QED) is 0.532. The third kappa shape index (κ3) is 5.16. The van der Waals surface area contributed by atoms with E-state index in [0.29, 0.717) is 19.6 Å². The Kier molecular flexibility index (Phi) is 7.37. The molecule has 0 aromatic heterocycles. The summed E-state index contributed by atoms with van der Waals surface area (Å²) in [6, 6.07) is -0.485. The van der Waals surface area contributed by atoms with Crippen LogP contribution in [0.1, 0.15) is 12.8 Å².